The number of aliphatic hydroxyl groups is 1. The highest BCUT2D eigenvalue weighted by Crippen LogP contribution is 2.09. The summed E-state index contributed by atoms with van der Waals surface area (Å²) >= 11 is 0. The number of hydrogen-bond donors (Lipinski definition) is 1. The quantitative estimate of drug-likeness (QED) is 0.750. The summed E-state index contributed by atoms with van der Waals surface area (Å²) in [4.78, 5) is 11.4. The molecule has 0 spiro atoms. The summed E-state index contributed by atoms with van der Waals surface area (Å²) in [5, 5.41) is 20.1. The number of ketones is 1. The van der Waals surface area contributed by atoms with Gasteiger partial charge in [0.2, 0.25) is 0 Å². The van der Waals surface area contributed by atoms with Crippen LogP contribution in [0.4, 0.5) is 0 Å². The van der Waals surface area contributed by atoms with E-state index in [1.165, 1.54) is 4.68 Å². The summed E-state index contributed by atoms with van der Waals surface area (Å²) in [6, 6.07) is 0. The van der Waals surface area contributed by atoms with E-state index < -0.39 is 6.10 Å². The van der Waals surface area contributed by atoms with Gasteiger partial charge in [-0.3, -0.25) is 4.79 Å². The van der Waals surface area contributed by atoms with Gasteiger partial charge in [-0.05, 0) is 17.4 Å². The fraction of sp³-hybridized carbons (Fsp3) is 0.778. The van der Waals surface area contributed by atoms with Crippen LogP contribution in [0.25, 0.3) is 0 Å². The van der Waals surface area contributed by atoms with Crippen LogP contribution in [-0.2, 0) is 11.3 Å². The molecule has 0 saturated carbocycles. The molecule has 0 radical (unpaired) electrons. The molecule has 1 aromatic heterocycles. The van der Waals surface area contributed by atoms with Crippen molar-refractivity contribution in [2.24, 2.45) is 0 Å². The zero-order chi connectivity index (χ0) is 11.4. The number of nitrogens with zero attached hydrogens (tertiary/aromatic N) is 4. The van der Waals surface area contributed by atoms with Gasteiger partial charge in [-0.2, -0.15) is 0 Å². The van der Waals surface area contributed by atoms with E-state index in [0.717, 1.165) is 0 Å². The Bertz CT molecular complexity index is 333. The molecule has 1 heterocycles. The van der Waals surface area contributed by atoms with Crippen LogP contribution in [0.2, 0.25) is 0 Å². The summed E-state index contributed by atoms with van der Waals surface area (Å²) < 4.78 is 1.48. The average Bonchev–Trinajstić information content (AvgIpc) is 2.50. The molecule has 1 rings (SSSR count). The molecular weight excluding hydrogens is 196 g/mol. The molecule has 1 N–H and O–H groups in total. The van der Waals surface area contributed by atoms with Gasteiger partial charge >= 0.3 is 0 Å². The first-order valence-corrected chi connectivity index (χ1v) is 4.96. The highest BCUT2D eigenvalue weighted by atomic mass is 16.3. The molecule has 84 valence electrons. The molecule has 0 saturated heterocycles. The zero-order valence-corrected chi connectivity index (χ0v) is 9.21. The summed E-state index contributed by atoms with van der Waals surface area (Å²) in [6.45, 7) is 5.63. The number of aromatic nitrogens is 4. The van der Waals surface area contributed by atoms with Crippen molar-refractivity contribution in [3.05, 3.63) is 5.82 Å². The highest BCUT2D eigenvalue weighted by molar-refractivity contribution is 5.78. The second kappa shape index (κ2) is 4.97. The van der Waals surface area contributed by atoms with Crippen molar-refractivity contribution in [2.45, 2.75) is 45.8 Å². The van der Waals surface area contributed by atoms with Gasteiger partial charge in [0.05, 0.1) is 6.10 Å². The standard InChI is InChI=1S/C9H16N4O2/c1-6(2)9-10-11-12-13(9)5-8(15)4-7(3)14/h6-7,14H,4-5H2,1-3H3. The van der Waals surface area contributed by atoms with Crippen LogP contribution in [0.3, 0.4) is 0 Å². The van der Waals surface area contributed by atoms with Crippen LogP contribution in [-0.4, -0.2) is 37.2 Å². The van der Waals surface area contributed by atoms with E-state index in [1.807, 2.05) is 13.8 Å². The van der Waals surface area contributed by atoms with Gasteiger partial charge in [-0.1, -0.05) is 13.8 Å². The van der Waals surface area contributed by atoms with Crippen LogP contribution in [0.5, 0.6) is 0 Å². The molecule has 6 nitrogen and oxygen atoms in total. The first-order valence-electron chi connectivity index (χ1n) is 4.96. The van der Waals surface area contributed by atoms with Crippen LogP contribution in [0.15, 0.2) is 0 Å². The van der Waals surface area contributed by atoms with Crippen LogP contribution in [0.1, 0.15) is 38.9 Å². The zero-order valence-electron chi connectivity index (χ0n) is 9.21. The van der Waals surface area contributed by atoms with Gasteiger partial charge in [-0.15, -0.1) is 5.10 Å². The van der Waals surface area contributed by atoms with E-state index >= 15 is 0 Å². The lowest BCUT2D eigenvalue weighted by Gasteiger charge is -2.06. The van der Waals surface area contributed by atoms with Gasteiger partial charge < -0.3 is 5.11 Å². The third-order valence-corrected chi connectivity index (χ3v) is 1.93. The van der Waals surface area contributed by atoms with Crippen molar-refractivity contribution in [3.8, 4) is 0 Å². The van der Waals surface area contributed by atoms with Crippen LogP contribution < -0.4 is 0 Å². The number of carbonyl (C=O) groups is 1. The number of tetrazole rings is 1. The van der Waals surface area contributed by atoms with E-state index in [9.17, 15) is 4.79 Å². The molecule has 1 aromatic rings. The van der Waals surface area contributed by atoms with Gasteiger partial charge in [0, 0.05) is 12.3 Å². The van der Waals surface area contributed by atoms with Crippen molar-refractivity contribution in [2.75, 3.05) is 0 Å². The van der Waals surface area contributed by atoms with Crippen LogP contribution >= 0.6 is 0 Å². The molecule has 15 heavy (non-hydrogen) atoms. The summed E-state index contributed by atoms with van der Waals surface area (Å²) in [7, 11) is 0. The first-order chi connectivity index (χ1) is 7.00. The minimum absolute atomic E-state index is 0.0702. The van der Waals surface area contributed by atoms with E-state index in [-0.39, 0.29) is 24.7 Å². The molecule has 6 heteroatoms. The van der Waals surface area contributed by atoms with Gasteiger partial charge in [0.1, 0.15) is 6.54 Å². The summed E-state index contributed by atoms with van der Waals surface area (Å²) in [6.07, 6.45) is -0.478. The predicted octanol–water partition coefficient (Wildman–Crippen LogP) is 0.136. The van der Waals surface area contributed by atoms with Crippen LogP contribution in [0, 0.1) is 0 Å². The topological polar surface area (TPSA) is 80.9 Å². The number of Topliss-reactive ketones (excluding diaryl/α,β-unsaturated/α-hetero) is 1. The molecule has 0 amide bonds. The maximum absolute atomic E-state index is 11.4. The normalized spacial score (nSPS) is 13.1. The fourth-order valence-electron chi connectivity index (χ4n) is 1.30. The molecule has 0 aliphatic rings. The molecule has 0 aromatic carbocycles. The van der Waals surface area contributed by atoms with Gasteiger partial charge in [0.25, 0.3) is 0 Å². The molecule has 0 bridgehead atoms. The fourth-order valence-corrected chi connectivity index (χ4v) is 1.30. The first kappa shape index (κ1) is 11.8. The van der Waals surface area contributed by atoms with Gasteiger partial charge in [-0.25, -0.2) is 4.68 Å². The summed E-state index contributed by atoms with van der Waals surface area (Å²) in [5.74, 6) is 0.799. The Morgan fingerprint density at radius 2 is 2.13 bits per heavy atom. The lowest BCUT2D eigenvalue weighted by atomic mass is 10.2. The maximum atomic E-state index is 11.4. The highest BCUT2D eigenvalue weighted by Gasteiger charge is 2.14. The van der Waals surface area contributed by atoms with E-state index in [0.29, 0.717) is 5.82 Å². The van der Waals surface area contributed by atoms with Gasteiger partial charge in [0.15, 0.2) is 11.6 Å². The largest absolute Gasteiger partial charge is 0.393 e. The van der Waals surface area contributed by atoms with Crippen molar-refractivity contribution in [3.63, 3.8) is 0 Å². The van der Waals surface area contributed by atoms with Crippen molar-refractivity contribution < 1.29 is 9.90 Å². The number of hydrogen-bond acceptors (Lipinski definition) is 5. The van der Waals surface area contributed by atoms with E-state index in [2.05, 4.69) is 15.5 Å². The molecular formula is C9H16N4O2. The Morgan fingerprint density at radius 1 is 1.47 bits per heavy atom. The molecule has 0 fully saturated rings. The second-order valence-corrected chi connectivity index (χ2v) is 3.94. The van der Waals surface area contributed by atoms with Crippen molar-refractivity contribution in [1.29, 1.82) is 0 Å². The monoisotopic (exact) mass is 212 g/mol. The summed E-state index contributed by atoms with van der Waals surface area (Å²) in [5.41, 5.74) is 0. The third kappa shape index (κ3) is 3.39. The Balaban J connectivity index is 2.64. The minimum atomic E-state index is -0.614. The number of rotatable bonds is 5. The Labute approximate surface area is 88.3 Å². The minimum Gasteiger partial charge on any atom is -0.393 e. The molecule has 1 atom stereocenters. The Kier molecular flexibility index (Phi) is 3.90. The Morgan fingerprint density at radius 3 is 2.67 bits per heavy atom. The average molecular weight is 212 g/mol. The van der Waals surface area contributed by atoms with Crippen molar-refractivity contribution >= 4 is 5.78 Å². The van der Waals surface area contributed by atoms with E-state index in [4.69, 9.17) is 5.11 Å². The SMILES string of the molecule is CC(O)CC(=O)Cn1nnnc1C(C)C. The molecule has 0 aliphatic heterocycles. The molecule has 1 unspecified atom stereocenters. The lowest BCUT2D eigenvalue weighted by Crippen LogP contribution is -2.18. The van der Waals surface area contributed by atoms with E-state index in [1.54, 1.807) is 6.92 Å². The maximum Gasteiger partial charge on any atom is 0.156 e. The smallest absolute Gasteiger partial charge is 0.156 e. The third-order valence-electron chi connectivity index (χ3n) is 1.93. The lowest BCUT2D eigenvalue weighted by molar-refractivity contribution is -0.121. The Hall–Kier alpha value is -1.30. The molecule has 0 aliphatic carbocycles. The number of carbonyl (C=O) groups excluding carboxylic acids is 1. The number of aliphatic hydroxyl groups excluding tert-OH is 1. The predicted molar refractivity (Wildman–Crippen MR) is 53.2 cm³/mol. The van der Waals surface area contributed by atoms with Crippen molar-refractivity contribution in [1.82, 2.24) is 20.2 Å². The second-order valence-electron chi connectivity index (χ2n) is 3.94.